The van der Waals surface area contributed by atoms with Gasteiger partial charge in [-0.1, -0.05) is 45.9 Å². The molecule has 2 heteroatoms. The number of rotatable bonds is 6. The maximum Gasteiger partial charge on any atom is 0.125 e. The monoisotopic (exact) mass is 264 g/mol. The zero-order valence-corrected chi connectivity index (χ0v) is 12.9. The standard InChI is InChI=1S/C17H28O2/c1-13(12-17(3,4)5)10-11-19-16-9-7-6-8-15(16)14(2)18/h6-9,13-14,18H,10-12H2,1-5H3. The van der Waals surface area contributed by atoms with Crippen molar-refractivity contribution in [3.63, 3.8) is 0 Å². The molecule has 0 bridgehead atoms. The van der Waals surface area contributed by atoms with E-state index < -0.39 is 6.10 Å². The van der Waals surface area contributed by atoms with Crippen molar-refractivity contribution in [2.24, 2.45) is 11.3 Å². The molecule has 0 aliphatic rings. The van der Waals surface area contributed by atoms with Crippen LogP contribution in [0, 0.1) is 11.3 Å². The average Bonchev–Trinajstić information content (AvgIpc) is 2.27. The van der Waals surface area contributed by atoms with Gasteiger partial charge in [0.15, 0.2) is 0 Å². The van der Waals surface area contributed by atoms with E-state index in [0.29, 0.717) is 17.9 Å². The minimum Gasteiger partial charge on any atom is -0.493 e. The molecule has 0 saturated carbocycles. The van der Waals surface area contributed by atoms with Gasteiger partial charge in [-0.2, -0.15) is 0 Å². The summed E-state index contributed by atoms with van der Waals surface area (Å²) in [5, 5.41) is 9.69. The normalized spacial score (nSPS) is 15.1. The van der Waals surface area contributed by atoms with Gasteiger partial charge < -0.3 is 9.84 Å². The molecular formula is C17H28O2. The fourth-order valence-corrected chi connectivity index (χ4v) is 2.47. The molecule has 0 aliphatic carbocycles. The van der Waals surface area contributed by atoms with E-state index in [1.165, 1.54) is 6.42 Å². The van der Waals surface area contributed by atoms with Gasteiger partial charge in [0.1, 0.15) is 5.75 Å². The van der Waals surface area contributed by atoms with Crippen LogP contribution in [0.1, 0.15) is 59.1 Å². The molecule has 0 saturated heterocycles. The van der Waals surface area contributed by atoms with E-state index in [0.717, 1.165) is 17.7 Å². The van der Waals surface area contributed by atoms with Gasteiger partial charge in [0.25, 0.3) is 0 Å². The first-order valence-corrected chi connectivity index (χ1v) is 7.19. The molecule has 0 amide bonds. The second-order valence-corrected chi connectivity index (χ2v) is 6.72. The number of aliphatic hydroxyl groups is 1. The predicted molar refractivity (Wildman–Crippen MR) is 80.4 cm³/mol. The lowest BCUT2D eigenvalue weighted by Crippen LogP contribution is -2.13. The van der Waals surface area contributed by atoms with Crippen LogP contribution in [0.4, 0.5) is 0 Å². The first-order chi connectivity index (χ1) is 8.79. The van der Waals surface area contributed by atoms with Crippen LogP contribution in [0.2, 0.25) is 0 Å². The Balaban J connectivity index is 2.45. The van der Waals surface area contributed by atoms with Crippen LogP contribution in [0.25, 0.3) is 0 Å². The molecule has 108 valence electrons. The van der Waals surface area contributed by atoms with E-state index in [9.17, 15) is 5.11 Å². The van der Waals surface area contributed by atoms with E-state index in [1.807, 2.05) is 24.3 Å². The van der Waals surface area contributed by atoms with Gasteiger partial charge in [0, 0.05) is 5.56 Å². The maximum absolute atomic E-state index is 9.69. The Bertz CT molecular complexity index is 377. The predicted octanol–water partition coefficient (Wildman–Crippen LogP) is 4.58. The number of para-hydroxylation sites is 1. The van der Waals surface area contributed by atoms with Crippen LogP contribution in [-0.2, 0) is 0 Å². The van der Waals surface area contributed by atoms with Crippen molar-refractivity contribution < 1.29 is 9.84 Å². The number of hydrogen-bond donors (Lipinski definition) is 1. The minimum atomic E-state index is -0.483. The molecule has 0 aliphatic heterocycles. The van der Waals surface area contributed by atoms with Crippen molar-refractivity contribution in [3.8, 4) is 5.75 Å². The smallest absolute Gasteiger partial charge is 0.125 e. The second kappa shape index (κ2) is 6.95. The van der Waals surface area contributed by atoms with Crippen LogP contribution in [0.5, 0.6) is 5.75 Å². The van der Waals surface area contributed by atoms with E-state index in [-0.39, 0.29) is 0 Å². The summed E-state index contributed by atoms with van der Waals surface area (Å²) in [7, 11) is 0. The zero-order valence-electron chi connectivity index (χ0n) is 12.9. The van der Waals surface area contributed by atoms with E-state index in [4.69, 9.17) is 4.74 Å². The summed E-state index contributed by atoms with van der Waals surface area (Å²) in [6.07, 6.45) is 1.77. The molecule has 1 aromatic rings. The Morgan fingerprint density at radius 2 is 1.79 bits per heavy atom. The van der Waals surface area contributed by atoms with Crippen molar-refractivity contribution in [2.45, 2.75) is 53.6 Å². The van der Waals surface area contributed by atoms with Gasteiger partial charge in [0.05, 0.1) is 12.7 Å². The molecule has 0 aromatic heterocycles. The summed E-state index contributed by atoms with van der Waals surface area (Å²) in [4.78, 5) is 0. The Hall–Kier alpha value is -1.02. The third kappa shape index (κ3) is 6.11. The topological polar surface area (TPSA) is 29.5 Å². The number of ether oxygens (including phenoxy) is 1. The lowest BCUT2D eigenvalue weighted by molar-refractivity contribution is 0.188. The third-order valence-electron chi connectivity index (χ3n) is 3.20. The van der Waals surface area contributed by atoms with E-state index in [2.05, 4.69) is 27.7 Å². The van der Waals surface area contributed by atoms with Crippen LogP contribution >= 0.6 is 0 Å². The Labute approximate surface area is 117 Å². The number of hydrogen-bond acceptors (Lipinski definition) is 2. The van der Waals surface area contributed by atoms with Crippen molar-refractivity contribution in [3.05, 3.63) is 29.8 Å². The Morgan fingerprint density at radius 1 is 1.16 bits per heavy atom. The molecule has 0 fully saturated rings. The second-order valence-electron chi connectivity index (χ2n) is 6.72. The lowest BCUT2D eigenvalue weighted by Gasteiger charge is -2.23. The number of aliphatic hydroxyl groups excluding tert-OH is 1. The summed E-state index contributed by atoms with van der Waals surface area (Å²) in [5.41, 5.74) is 1.24. The number of benzene rings is 1. The molecule has 2 nitrogen and oxygen atoms in total. The van der Waals surface area contributed by atoms with Crippen LogP contribution in [0.15, 0.2) is 24.3 Å². The third-order valence-corrected chi connectivity index (χ3v) is 3.20. The van der Waals surface area contributed by atoms with Gasteiger partial charge in [-0.3, -0.25) is 0 Å². The van der Waals surface area contributed by atoms with Crippen LogP contribution in [0.3, 0.4) is 0 Å². The van der Waals surface area contributed by atoms with Gasteiger partial charge in [-0.05, 0) is 37.2 Å². The maximum atomic E-state index is 9.69. The van der Waals surface area contributed by atoms with Crippen LogP contribution in [-0.4, -0.2) is 11.7 Å². The van der Waals surface area contributed by atoms with Crippen molar-refractivity contribution in [1.82, 2.24) is 0 Å². The highest BCUT2D eigenvalue weighted by Gasteiger charge is 2.15. The van der Waals surface area contributed by atoms with Crippen molar-refractivity contribution in [2.75, 3.05) is 6.61 Å². The average molecular weight is 264 g/mol. The van der Waals surface area contributed by atoms with Gasteiger partial charge in [0.2, 0.25) is 0 Å². The Morgan fingerprint density at radius 3 is 2.37 bits per heavy atom. The highest BCUT2D eigenvalue weighted by Crippen LogP contribution is 2.27. The van der Waals surface area contributed by atoms with Crippen molar-refractivity contribution in [1.29, 1.82) is 0 Å². The Kier molecular flexibility index (Phi) is 5.86. The molecule has 19 heavy (non-hydrogen) atoms. The fourth-order valence-electron chi connectivity index (χ4n) is 2.47. The minimum absolute atomic E-state index is 0.372. The van der Waals surface area contributed by atoms with E-state index in [1.54, 1.807) is 6.92 Å². The summed E-state index contributed by atoms with van der Waals surface area (Å²) in [6, 6.07) is 7.71. The first kappa shape index (κ1) is 16.0. The molecular weight excluding hydrogens is 236 g/mol. The quantitative estimate of drug-likeness (QED) is 0.815. The molecule has 2 atom stereocenters. The van der Waals surface area contributed by atoms with Crippen LogP contribution < -0.4 is 4.74 Å². The van der Waals surface area contributed by atoms with Crippen molar-refractivity contribution >= 4 is 0 Å². The highest BCUT2D eigenvalue weighted by atomic mass is 16.5. The molecule has 1 rings (SSSR count). The molecule has 1 N–H and O–H groups in total. The highest BCUT2D eigenvalue weighted by molar-refractivity contribution is 5.34. The molecule has 0 spiro atoms. The van der Waals surface area contributed by atoms with Gasteiger partial charge in [-0.25, -0.2) is 0 Å². The van der Waals surface area contributed by atoms with Gasteiger partial charge >= 0.3 is 0 Å². The summed E-state index contributed by atoms with van der Waals surface area (Å²) < 4.78 is 5.82. The van der Waals surface area contributed by atoms with E-state index >= 15 is 0 Å². The largest absolute Gasteiger partial charge is 0.493 e. The lowest BCUT2D eigenvalue weighted by atomic mass is 9.84. The SMILES string of the molecule is CC(CCOc1ccccc1C(C)O)CC(C)(C)C. The summed E-state index contributed by atoms with van der Waals surface area (Å²) in [5.74, 6) is 1.46. The molecule has 2 unspecified atom stereocenters. The summed E-state index contributed by atoms with van der Waals surface area (Å²) >= 11 is 0. The molecule has 1 aromatic carbocycles. The molecule has 0 radical (unpaired) electrons. The van der Waals surface area contributed by atoms with Gasteiger partial charge in [-0.15, -0.1) is 0 Å². The summed E-state index contributed by atoms with van der Waals surface area (Å²) in [6.45, 7) is 11.6. The zero-order chi connectivity index (χ0) is 14.5. The molecule has 0 heterocycles. The first-order valence-electron chi connectivity index (χ1n) is 7.19. The fraction of sp³-hybridized carbons (Fsp3) is 0.647.